The lowest BCUT2D eigenvalue weighted by molar-refractivity contribution is 0.142. The Kier molecular flexibility index (Phi) is 9.75. The molecule has 0 aliphatic carbocycles. The molecule has 1 heteroatoms. The van der Waals surface area contributed by atoms with Gasteiger partial charge in [-0.2, -0.15) is 0 Å². The molecule has 3 aromatic carbocycles. The molecule has 0 amide bonds. The van der Waals surface area contributed by atoms with Gasteiger partial charge in [0.2, 0.25) is 0 Å². The second kappa shape index (κ2) is 12.5. The number of hydrogen-bond acceptors (Lipinski definition) is 1. The molecular formula is C34H46O. The monoisotopic (exact) mass is 470 g/mol. The van der Waals surface area contributed by atoms with Crippen LogP contribution in [0.4, 0.5) is 0 Å². The van der Waals surface area contributed by atoms with E-state index >= 15 is 0 Å². The topological polar surface area (TPSA) is 20.2 Å². The van der Waals surface area contributed by atoms with Crippen LogP contribution in [0.25, 0.3) is 0 Å². The molecule has 0 aromatic heterocycles. The standard InChI is InChI=1S/C34H46O/c1-8-31(23(3)4)28-18-13-17-27(21-28)25(7)33(24(5)6)29-19-14-20-30(22-29)34(35)32(9-2)26-15-11-10-12-16-26/h10-25,31-35H,8-9H2,1-7H3/t25?,31-,32?,33-,34?/m1/s1. The van der Waals surface area contributed by atoms with Crippen LogP contribution in [0.15, 0.2) is 78.9 Å². The fourth-order valence-electron chi connectivity index (χ4n) is 6.15. The zero-order chi connectivity index (χ0) is 25.5. The normalized spacial score (nSPS) is 16.2. The minimum Gasteiger partial charge on any atom is -0.388 e. The second-order valence-electron chi connectivity index (χ2n) is 11.0. The second-order valence-corrected chi connectivity index (χ2v) is 11.0. The first-order chi connectivity index (χ1) is 16.8. The van der Waals surface area contributed by atoms with Gasteiger partial charge in [0, 0.05) is 5.92 Å². The maximum Gasteiger partial charge on any atom is 0.0858 e. The highest BCUT2D eigenvalue weighted by Gasteiger charge is 2.27. The number of aliphatic hydroxyl groups is 1. The zero-order valence-electron chi connectivity index (χ0n) is 22.9. The van der Waals surface area contributed by atoms with Crippen LogP contribution >= 0.6 is 0 Å². The van der Waals surface area contributed by atoms with Gasteiger partial charge < -0.3 is 5.11 Å². The SMILES string of the molecule is CCC(c1ccccc1)C(O)c1cccc([C@H](C(C)C)C(C)c2cccc([C@H](CC)C(C)C)c2)c1. The van der Waals surface area contributed by atoms with Crippen molar-refractivity contribution in [2.75, 3.05) is 0 Å². The van der Waals surface area contributed by atoms with Gasteiger partial charge in [-0.25, -0.2) is 0 Å². The van der Waals surface area contributed by atoms with Gasteiger partial charge in [-0.1, -0.05) is 127 Å². The molecule has 0 aliphatic rings. The molecule has 0 heterocycles. The first-order valence-corrected chi connectivity index (χ1v) is 13.7. The van der Waals surface area contributed by atoms with Gasteiger partial charge in [0.25, 0.3) is 0 Å². The average Bonchev–Trinajstić information content (AvgIpc) is 2.85. The van der Waals surface area contributed by atoms with Crippen LogP contribution in [0.3, 0.4) is 0 Å². The summed E-state index contributed by atoms with van der Waals surface area (Å²) in [5.41, 5.74) is 6.44. The fraction of sp³-hybridized carbons (Fsp3) is 0.471. The van der Waals surface area contributed by atoms with E-state index in [2.05, 4.69) is 121 Å². The first-order valence-electron chi connectivity index (χ1n) is 13.7. The molecule has 188 valence electrons. The Balaban J connectivity index is 1.93. The molecule has 5 atom stereocenters. The molecule has 0 saturated carbocycles. The van der Waals surface area contributed by atoms with Gasteiger partial charge in [-0.15, -0.1) is 0 Å². The smallest absolute Gasteiger partial charge is 0.0858 e. The summed E-state index contributed by atoms with van der Waals surface area (Å²) in [6.07, 6.45) is 1.56. The summed E-state index contributed by atoms with van der Waals surface area (Å²) in [4.78, 5) is 0. The highest BCUT2D eigenvalue weighted by Crippen LogP contribution is 2.41. The van der Waals surface area contributed by atoms with Crippen LogP contribution in [0.1, 0.15) is 119 Å². The Morgan fingerprint density at radius 3 is 1.63 bits per heavy atom. The average molecular weight is 471 g/mol. The molecule has 0 saturated heterocycles. The van der Waals surface area contributed by atoms with Crippen LogP contribution in [0, 0.1) is 11.8 Å². The highest BCUT2D eigenvalue weighted by molar-refractivity contribution is 5.36. The first kappa shape index (κ1) is 27.2. The van der Waals surface area contributed by atoms with Crippen LogP contribution < -0.4 is 0 Å². The summed E-state index contributed by atoms with van der Waals surface area (Å²) in [6.45, 7) is 16.2. The molecule has 0 aliphatic heterocycles. The van der Waals surface area contributed by atoms with Crippen molar-refractivity contribution in [2.24, 2.45) is 11.8 Å². The lowest BCUT2D eigenvalue weighted by Gasteiger charge is -2.31. The lowest BCUT2D eigenvalue weighted by atomic mass is 9.74. The number of rotatable bonds is 11. The quantitative estimate of drug-likeness (QED) is 0.296. The predicted molar refractivity (Wildman–Crippen MR) is 151 cm³/mol. The minimum atomic E-state index is -0.509. The van der Waals surface area contributed by atoms with Crippen LogP contribution in [-0.2, 0) is 0 Å². The van der Waals surface area contributed by atoms with Crippen LogP contribution in [0.5, 0.6) is 0 Å². The Hall–Kier alpha value is -2.38. The van der Waals surface area contributed by atoms with Crippen molar-refractivity contribution in [1.82, 2.24) is 0 Å². The number of aliphatic hydroxyl groups excluding tert-OH is 1. The van der Waals surface area contributed by atoms with Gasteiger partial charge in [0.1, 0.15) is 0 Å². The fourth-order valence-corrected chi connectivity index (χ4v) is 6.15. The molecule has 0 fully saturated rings. The van der Waals surface area contributed by atoms with Crippen LogP contribution in [0.2, 0.25) is 0 Å². The van der Waals surface area contributed by atoms with Gasteiger partial charge in [-0.05, 0) is 70.2 Å². The van der Waals surface area contributed by atoms with Crippen LogP contribution in [-0.4, -0.2) is 5.11 Å². The summed E-state index contributed by atoms with van der Waals surface area (Å²) < 4.78 is 0. The Morgan fingerprint density at radius 1 is 0.543 bits per heavy atom. The maximum atomic E-state index is 11.4. The molecular weight excluding hydrogens is 424 g/mol. The van der Waals surface area contributed by atoms with Crippen molar-refractivity contribution in [3.8, 4) is 0 Å². The molecule has 0 radical (unpaired) electrons. The molecule has 35 heavy (non-hydrogen) atoms. The van der Waals surface area contributed by atoms with E-state index < -0.39 is 6.10 Å². The molecule has 3 unspecified atom stereocenters. The largest absolute Gasteiger partial charge is 0.388 e. The lowest BCUT2D eigenvalue weighted by Crippen LogP contribution is -2.17. The minimum absolute atomic E-state index is 0.0973. The van der Waals surface area contributed by atoms with Crippen molar-refractivity contribution in [3.05, 3.63) is 107 Å². The maximum absolute atomic E-state index is 11.4. The summed E-state index contributed by atoms with van der Waals surface area (Å²) in [7, 11) is 0. The predicted octanol–water partition coefficient (Wildman–Crippen LogP) is 9.61. The molecule has 3 aromatic rings. The molecule has 3 rings (SSSR count). The van der Waals surface area contributed by atoms with E-state index in [1.165, 1.54) is 28.7 Å². The third-order valence-corrected chi connectivity index (χ3v) is 8.05. The third-order valence-electron chi connectivity index (χ3n) is 8.05. The van der Waals surface area contributed by atoms with Crippen molar-refractivity contribution in [1.29, 1.82) is 0 Å². The van der Waals surface area contributed by atoms with Crippen molar-refractivity contribution in [3.63, 3.8) is 0 Å². The van der Waals surface area contributed by atoms with E-state index in [9.17, 15) is 5.11 Å². The van der Waals surface area contributed by atoms with Gasteiger partial charge in [0.05, 0.1) is 6.10 Å². The van der Waals surface area contributed by atoms with Gasteiger partial charge in [-0.3, -0.25) is 0 Å². The Bertz CT molecular complexity index is 1040. The van der Waals surface area contributed by atoms with E-state index in [0.717, 1.165) is 12.0 Å². The van der Waals surface area contributed by atoms with Crippen molar-refractivity contribution in [2.45, 2.75) is 91.1 Å². The Labute approximate surface area is 214 Å². The molecule has 0 spiro atoms. The summed E-state index contributed by atoms with van der Waals surface area (Å²) in [5, 5.41) is 11.4. The van der Waals surface area contributed by atoms with E-state index in [0.29, 0.717) is 29.6 Å². The van der Waals surface area contributed by atoms with E-state index in [1.54, 1.807) is 0 Å². The highest BCUT2D eigenvalue weighted by atomic mass is 16.3. The van der Waals surface area contributed by atoms with Crippen molar-refractivity contribution >= 4 is 0 Å². The summed E-state index contributed by atoms with van der Waals surface area (Å²) in [5.74, 6) is 2.60. The summed E-state index contributed by atoms with van der Waals surface area (Å²) >= 11 is 0. The van der Waals surface area contributed by atoms with Gasteiger partial charge in [0.15, 0.2) is 0 Å². The van der Waals surface area contributed by atoms with Crippen molar-refractivity contribution < 1.29 is 5.11 Å². The molecule has 1 nitrogen and oxygen atoms in total. The zero-order valence-corrected chi connectivity index (χ0v) is 22.9. The summed E-state index contributed by atoms with van der Waals surface area (Å²) in [6, 6.07) is 28.5. The van der Waals surface area contributed by atoms with Gasteiger partial charge >= 0.3 is 0 Å². The molecule has 1 N–H and O–H groups in total. The number of hydrogen-bond donors (Lipinski definition) is 1. The van der Waals surface area contributed by atoms with E-state index in [4.69, 9.17) is 0 Å². The Morgan fingerprint density at radius 2 is 1.06 bits per heavy atom. The third kappa shape index (κ3) is 6.44. The van der Waals surface area contributed by atoms with E-state index in [1.807, 2.05) is 6.07 Å². The number of benzene rings is 3. The molecule has 0 bridgehead atoms. The van der Waals surface area contributed by atoms with E-state index in [-0.39, 0.29) is 5.92 Å².